The Bertz CT molecular complexity index is 435. The van der Waals surface area contributed by atoms with Gasteiger partial charge in [-0.3, -0.25) is 14.9 Å². The Hall–Kier alpha value is -1.91. The lowest BCUT2D eigenvalue weighted by molar-refractivity contribution is -0.384. The molecule has 5 nitrogen and oxygen atoms in total. The first-order valence-electron chi connectivity index (χ1n) is 5.07. The van der Waals surface area contributed by atoms with Gasteiger partial charge in [0.15, 0.2) is 0 Å². The summed E-state index contributed by atoms with van der Waals surface area (Å²) in [5.74, 6) is -0.171. The lowest BCUT2D eigenvalue weighted by atomic mass is 10.2. The normalized spacial score (nSPS) is 16.6. The lowest BCUT2D eigenvalue weighted by Gasteiger charge is -2.10. The van der Waals surface area contributed by atoms with Gasteiger partial charge in [-0.1, -0.05) is 0 Å². The molecule has 1 aliphatic rings. The third-order valence-corrected chi connectivity index (χ3v) is 2.76. The maximum atomic E-state index is 11.7. The van der Waals surface area contributed by atoms with Crippen LogP contribution < -0.4 is 5.32 Å². The molecule has 0 aliphatic heterocycles. The fourth-order valence-corrected chi connectivity index (χ4v) is 1.39. The number of nitro groups is 1. The summed E-state index contributed by atoms with van der Waals surface area (Å²) in [4.78, 5) is 21.6. The fraction of sp³-hybridized carbons (Fsp3) is 0.364. The van der Waals surface area contributed by atoms with Crippen molar-refractivity contribution in [3.63, 3.8) is 0 Å². The van der Waals surface area contributed by atoms with Crippen LogP contribution in [-0.2, 0) is 0 Å². The van der Waals surface area contributed by atoms with E-state index in [1.54, 1.807) is 0 Å². The zero-order valence-corrected chi connectivity index (χ0v) is 8.90. The topological polar surface area (TPSA) is 72.2 Å². The largest absolute Gasteiger partial charge is 0.347 e. The molecular weight excluding hydrogens is 208 g/mol. The van der Waals surface area contributed by atoms with Gasteiger partial charge >= 0.3 is 0 Å². The van der Waals surface area contributed by atoms with Gasteiger partial charge in [0.05, 0.1) is 4.92 Å². The van der Waals surface area contributed by atoms with Crippen molar-refractivity contribution in [2.45, 2.75) is 25.3 Å². The van der Waals surface area contributed by atoms with Crippen LogP contribution in [0.15, 0.2) is 24.3 Å². The minimum Gasteiger partial charge on any atom is -0.347 e. The number of hydrogen-bond donors (Lipinski definition) is 1. The number of rotatable bonds is 3. The van der Waals surface area contributed by atoms with Gasteiger partial charge in [0.2, 0.25) is 0 Å². The Labute approximate surface area is 92.6 Å². The average Bonchev–Trinajstić information content (AvgIpc) is 2.96. The van der Waals surface area contributed by atoms with Gasteiger partial charge in [0, 0.05) is 23.2 Å². The van der Waals surface area contributed by atoms with Crippen LogP contribution in [0.2, 0.25) is 0 Å². The van der Waals surface area contributed by atoms with Crippen molar-refractivity contribution in [2.24, 2.45) is 0 Å². The third kappa shape index (κ3) is 2.18. The van der Waals surface area contributed by atoms with Crippen molar-refractivity contribution >= 4 is 11.6 Å². The summed E-state index contributed by atoms with van der Waals surface area (Å²) < 4.78 is 0. The molecule has 1 aliphatic carbocycles. The van der Waals surface area contributed by atoms with Gasteiger partial charge in [-0.15, -0.1) is 0 Å². The second-order valence-electron chi connectivity index (χ2n) is 4.32. The van der Waals surface area contributed by atoms with Gasteiger partial charge in [0.1, 0.15) is 0 Å². The lowest BCUT2D eigenvalue weighted by Crippen LogP contribution is -2.34. The second kappa shape index (κ2) is 3.59. The molecular formula is C11H12N2O3. The highest BCUT2D eigenvalue weighted by Gasteiger charge is 2.38. The quantitative estimate of drug-likeness (QED) is 0.624. The molecule has 16 heavy (non-hydrogen) atoms. The summed E-state index contributed by atoms with van der Waals surface area (Å²) in [7, 11) is 0. The van der Waals surface area contributed by atoms with E-state index in [2.05, 4.69) is 5.32 Å². The smallest absolute Gasteiger partial charge is 0.269 e. The zero-order valence-electron chi connectivity index (χ0n) is 8.90. The Morgan fingerprint density at radius 2 is 1.94 bits per heavy atom. The minimum absolute atomic E-state index is 0.00539. The molecule has 1 fully saturated rings. The van der Waals surface area contributed by atoms with Gasteiger partial charge < -0.3 is 5.32 Å². The number of nitrogens with zero attached hydrogens (tertiary/aromatic N) is 1. The highest BCUT2D eigenvalue weighted by Crippen LogP contribution is 2.34. The number of amides is 1. The van der Waals surface area contributed by atoms with Crippen molar-refractivity contribution in [2.75, 3.05) is 0 Å². The summed E-state index contributed by atoms with van der Waals surface area (Å²) in [5.41, 5.74) is 0.381. The first-order chi connectivity index (χ1) is 7.50. The number of benzene rings is 1. The van der Waals surface area contributed by atoms with Crippen LogP contribution in [0.1, 0.15) is 30.1 Å². The van der Waals surface area contributed by atoms with Crippen LogP contribution >= 0.6 is 0 Å². The van der Waals surface area contributed by atoms with E-state index in [1.165, 1.54) is 24.3 Å². The molecule has 1 amide bonds. The number of nitrogens with one attached hydrogen (secondary N) is 1. The summed E-state index contributed by atoms with van der Waals surface area (Å²) in [5, 5.41) is 13.3. The van der Waals surface area contributed by atoms with E-state index in [1.807, 2.05) is 6.92 Å². The molecule has 0 saturated heterocycles. The standard InChI is InChI=1S/C11H12N2O3/c1-11(6-7-11)12-10(14)8-2-4-9(5-3-8)13(15)16/h2-5H,6-7H2,1H3,(H,12,14). The fourth-order valence-electron chi connectivity index (χ4n) is 1.39. The highest BCUT2D eigenvalue weighted by atomic mass is 16.6. The van der Waals surface area contributed by atoms with E-state index in [4.69, 9.17) is 0 Å². The maximum Gasteiger partial charge on any atom is 0.269 e. The Kier molecular flexibility index (Phi) is 2.38. The van der Waals surface area contributed by atoms with Crippen molar-refractivity contribution in [1.29, 1.82) is 0 Å². The minimum atomic E-state index is -0.482. The highest BCUT2D eigenvalue weighted by molar-refractivity contribution is 5.95. The Balaban J connectivity index is 2.09. The maximum absolute atomic E-state index is 11.7. The monoisotopic (exact) mass is 220 g/mol. The molecule has 0 heterocycles. The number of carbonyl (C=O) groups excluding carboxylic acids is 1. The van der Waals surface area contributed by atoms with Crippen molar-refractivity contribution in [3.8, 4) is 0 Å². The van der Waals surface area contributed by atoms with Gasteiger partial charge in [-0.2, -0.15) is 0 Å². The molecule has 0 spiro atoms. The predicted molar refractivity (Wildman–Crippen MR) is 58.2 cm³/mol. The molecule has 0 unspecified atom stereocenters. The zero-order chi connectivity index (χ0) is 11.8. The van der Waals surface area contributed by atoms with E-state index in [0.29, 0.717) is 5.56 Å². The molecule has 1 saturated carbocycles. The van der Waals surface area contributed by atoms with E-state index in [0.717, 1.165) is 12.8 Å². The summed E-state index contributed by atoms with van der Waals surface area (Å²) >= 11 is 0. The predicted octanol–water partition coefficient (Wildman–Crippen LogP) is 1.88. The van der Waals surface area contributed by atoms with Crippen LogP contribution in [0.4, 0.5) is 5.69 Å². The Morgan fingerprint density at radius 1 is 1.38 bits per heavy atom. The first-order valence-corrected chi connectivity index (χ1v) is 5.07. The van der Waals surface area contributed by atoms with E-state index >= 15 is 0 Å². The van der Waals surface area contributed by atoms with Crippen LogP contribution in [0.5, 0.6) is 0 Å². The van der Waals surface area contributed by atoms with Crippen LogP contribution in [-0.4, -0.2) is 16.4 Å². The second-order valence-corrected chi connectivity index (χ2v) is 4.32. The third-order valence-electron chi connectivity index (χ3n) is 2.76. The number of non-ortho nitro benzene ring substituents is 1. The number of hydrogen-bond acceptors (Lipinski definition) is 3. The van der Waals surface area contributed by atoms with Gasteiger partial charge in [-0.05, 0) is 31.9 Å². The van der Waals surface area contributed by atoms with Gasteiger partial charge in [0.25, 0.3) is 11.6 Å². The molecule has 0 bridgehead atoms. The van der Waals surface area contributed by atoms with E-state index in [9.17, 15) is 14.9 Å². The SMILES string of the molecule is CC1(NC(=O)c2ccc([N+](=O)[O-])cc2)CC1. The molecule has 0 atom stereocenters. The molecule has 5 heteroatoms. The first kappa shape index (κ1) is 10.6. The van der Waals surface area contributed by atoms with Crippen molar-refractivity contribution < 1.29 is 9.72 Å². The van der Waals surface area contributed by atoms with E-state index in [-0.39, 0.29) is 17.1 Å². The molecule has 1 aromatic carbocycles. The van der Waals surface area contributed by atoms with Crippen molar-refractivity contribution in [3.05, 3.63) is 39.9 Å². The van der Waals surface area contributed by atoms with Crippen molar-refractivity contribution in [1.82, 2.24) is 5.32 Å². The molecule has 1 aromatic rings. The van der Waals surface area contributed by atoms with E-state index < -0.39 is 4.92 Å². The molecule has 0 radical (unpaired) electrons. The molecule has 2 rings (SSSR count). The van der Waals surface area contributed by atoms with Crippen LogP contribution in [0.25, 0.3) is 0 Å². The Morgan fingerprint density at radius 3 is 2.38 bits per heavy atom. The molecule has 0 aromatic heterocycles. The number of nitro benzene ring substituents is 1. The summed E-state index contributed by atoms with van der Waals surface area (Å²) in [6.45, 7) is 1.98. The van der Waals surface area contributed by atoms with Gasteiger partial charge in [-0.25, -0.2) is 0 Å². The van der Waals surface area contributed by atoms with Crippen LogP contribution in [0, 0.1) is 10.1 Å². The molecule has 1 N–H and O–H groups in total. The molecule has 84 valence electrons. The number of carbonyl (C=O) groups is 1. The summed E-state index contributed by atoms with van der Waals surface area (Å²) in [6.07, 6.45) is 1.98. The average molecular weight is 220 g/mol. The summed E-state index contributed by atoms with van der Waals surface area (Å²) in [6, 6.07) is 5.62. The van der Waals surface area contributed by atoms with Crippen LogP contribution in [0.3, 0.4) is 0 Å².